The van der Waals surface area contributed by atoms with E-state index >= 15 is 0 Å². The molecule has 0 amide bonds. The average molecular weight is 219 g/mol. The van der Waals surface area contributed by atoms with Crippen LogP contribution in [-0.4, -0.2) is 18.1 Å². The Morgan fingerprint density at radius 3 is 2.50 bits per heavy atom. The molecule has 1 aromatic rings. The van der Waals surface area contributed by atoms with E-state index in [2.05, 4.69) is 17.4 Å². The number of aliphatic carboxylic acids is 1. The van der Waals surface area contributed by atoms with Crippen molar-refractivity contribution in [2.45, 2.75) is 31.2 Å². The van der Waals surface area contributed by atoms with Crippen molar-refractivity contribution in [1.29, 1.82) is 0 Å². The summed E-state index contributed by atoms with van der Waals surface area (Å²) in [6.07, 6.45) is 2.72. The molecule has 1 fully saturated rings. The molecule has 0 radical (unpaired) electrons. The van der Waals surface area contributed by atoms with Crippen LogP contribution < -0.4 is 5.32 Å². The monoisotopic (exact) mass is 219 g/mol. The van der Waals surface area contributed by atoms with Crippen LogP contribution in [0.25, 0.3) is 0 Å². The number of rotatable bonds is 5. The number of nitrogens with one attached hydrogen (secondary N) is 1. The molecule has 0 aromatic heterocycles. The zero-order chi connectivity index (χ0) is 11.5. The normalized spacial score (nSPS) is 17.1. The first-order valence-electron chi connectivity index (χ1n) is 5.69. The van der Waals surface area contributed by atoms with Gasteiger partial charge < -0.3 is 10.4 Å². The summed E-state index contributed by atoms with van der Waals surface area (Å²) in [4.78, 5) is 10.7. The Balaban J connectivity index is 2.08. The summed E-state index contributed by atoms with van der Waals surface area (Å²) < 4.78 is 0. The van der Waals surface area contributed by atoms with E-state index in [4.69, 9.17) is 5.11 Å². The minimum atomic E-state index is -0.773. The smallest absolute Gasteiger partial charge is 0.305 e. The van der Waals surface area contributed by atoms with Gasteiger partial charge in [0.1, 0.15) is 0 Å². The van der Waals surface area contributed by atoms with E-state index in [0.29, 0.717) is 0 Å². The lowest BCUT2D eigenvalue weighted by atomic mass is 10.0. The van der Waals surface area contributed by atoms with Crippen LogP contribution >= 0.6 is 0 Å². The molecule has 0 aliphatic heterocycles. The van der Waals surface area contributed by atoms with Gasteiger partial charge >= 0.3 is 5.97 Å². The van der Waals surface area contributed by atoms with E-state index in [0.717, 1.165) is 11.5 Å². The fourth-order valence-corrected chi connectivity index (χ4v) is 1.98. The number of benzene rings is 1. The maximum absolute atomic E-state index is 10.7. The van der Waals surface area contributed by atoms with Crippen LogP contribution in [0.1, 0.15) is 42.3 Å². The zero-order valence-electron chi connectivity index (χ0n) is 9.44. The summed E-state index contributed by atoms with van der Waals surface area (Å²) in [7, 11) is 1.79. The van der Waals surface area contributed by atoms with Gasteiger partial charge in [-0.3, -0.25) is 4.79 Å². The van der Waals surface area contributed by atoms with Gasteiger partial charge in [-0.05, 0) is 36.9 Å². The average Bonchev–Trinajstić information content (AvgIpc) is 3.10. The molecule has 0 heterocycles. The molecule has 2 rings (SSSR count). The maximum Gasteiger partial charge on any atom is 0.305 e. The third kappa shape index (κ3) is 2.61. The van der Waals surface area contributed by atoms with Crippen molar-refractivity contribution in [3.8, 4) is 0 Å². The molecule has 0 bridgehead atoms. The minimum absolute atomic E-state index is 0.0919. The Labute approximate surface area is 95.5 Å². The highest BCUT2D eigenvalue weighted by Crippen LogP contribution is 2.40. The molecule has 3 nitrogen and oxygen atoms in total. The molecule has 1 atom stereocenters. The van der Waals surface area contributed by atoms with Crippen LogP contribution in [-0.2, 0) is 4.79 Å². The molecule has 86 valence electrons. The van der Waals surface area contributed by atoms with Gasteiger partial charge in [-0.25, -0.2) is 0 Å². The van der Waals surface area contributed by atoms with E-state index in [1.165, 1.54) is 18.4 Å². The Morgan fingerprint density at radius 2 is 2.06 bits per heavy atom. The molecule has 16 heavy (non-hydrogen) atoms. The van der Waals surface area contributed by atoms with E-state index < -0.39 is 5.97 Å². The quantitative estimate of drug-likeness (QED) is 0.799. The second-order valence-electron chi connectivity index (χ2n) is 4.38. The molecule has 1 unspecified atom stereocenters. The van der Waals surface area contributed by atoms with Crippen LogP contribution in [0.5, 0.6) is 0 Å². The predicted octanol–water partition coefficient (Wildman–Crippen LogP) is 2.30. The molecular formula is C13H17NO2. The number of carbonyl (C=O) groups is 1. The van der Waals surface area contributed by atoms with Crippen molar-refractivity contribution in [3.05, 3.63) is 35.4 Å². The third-order valence-electron chi connectivity index (χ3n) is 3.11. The lowest BCUT2D eigenvalue weighted by Gasteiger charge is -2.14. The van der Waals surface area contributed by atoms with Gasteiger partial charge in [-0.2, -0.15) is 0 Å². The van der Waals surface area contributed by atoms with E-state index in [1.54, 1.807) is 7.05 Å². The van der Waals surface area contributed by atoms with Crippen molar-refractivity contribution in [1.82, 2.24) is 5.32 Å². The molecule has 1 aliphatic rings. The molecule has 3 heteroatoms. The predicted molar refractivity (Wildman–Crippen MR) is 62.5 cm³/mol. The fourth-order valence-electron chi connectivity index (χ4n) is 1.98. The van der Waals surface area contributed by atoms with Crippen molar-refractivity contribution in [2.24, 2.45) is 0 Å². The van der Waals surface area contributed by atoms with Crippen molar-refractivity contribution < 1.29 is 9.90 Å². The van der Waals surface area contributed by atoms with Crippen LogP contribution in [0.3, 0.4) is 0 Å². The van der Waals surface area contributed by atoms with Gasteiger partial charge in [0.05, 0.1) is 6.42 Å². The molecule has 0 saturated heterocycles. The number of hydrogen-bond acceptors (Lipinski definition) is 2. The fraction of sp³-hybridized carbons (Fsp3) is 0.462. The van der Waals surface area contributed by atoms with Crippen LogP contribution in [0.2, 0.25) is 0 Å². The third-order valence-corrected chi connectivity index (χ3v) is 3.11. The molecular weight excluding hydrogens is 202 g/mol. The van der Waals surface area contributed by atoms with Crippen LogP contribution in [0.4, 0.5) is 0 Å². The Morgan fingerprint density at radius 1 is 1.44 bits per heavy atom. The standard InChI is InChI=1S/C13H17NO2/c1-14-12(8-13(15)16)11-6-4-10(5-7-11)9-2-3-9/h4-7,9,12,14H,2-3,8H2,1H3,(H,15,16). The van der Waals surface area contributed by atoms with Gasteiger partial charge in [0.15, 0.2) is 0 Å². The SMILES string of the molecule is CNC(CC(=O)O)c1ccc(C2CC2)cc1. The lowest BCUT2D eigenvalue weighted by molar-refractivity contribution is -0.137. The maximum atomic E-state index is 10.7. The molecule has 1 saturated carbocycles. The van der Waals surface area contributed by atoms with E-state index in [-0.39, 0.29) is 12.5 Å². The van der Waals surface area contributed by atoms with Crippen LogP contribution in [0.15, 0.2) is 24.3 Å². The van der Waals surface area contributed by atoms with Gasteiger partial charge in [-0.15, -0.1) is 0 Å². The first-order chi connectivity index (χ1) is 7.70. The summed E-state index contributed by atoms with van der Waals surface area (Å²) in [5.74, 6) is -0.0211. The highest BCUT2D eigenvalue weighted by atomic mass is 16.4. The first-order valence-corrected chi connectivity index (χ1v) is 5.69. The molecule has 0 spiro atoms. The highest BCUT2D eigenvalue weighted by Gasteiger charge is 2.23. The second-order valence-corrected chi connectivity index (χ2v) is 4.38. The summed E-state index contributed by atoms with van der Waals surface area (Å²) in [6, 6.07) is 8.24. The number of carboxylic acids is 1. The lowest BCUT2D eigenvalue weighted by Crippen LogP contribution is -2.19. The van der Waals surface area contributed by atoms with Crippen molar-refractivity contribution >= 4 is 5.97 Å². The number of carboxylic acid groups (broad SMARTS) is 1. The highest BCUT2D eigenvalue weighted by molar-refractivity contribution is 5.67. The van der Waals surface area contributed by atoms with Gasteiger partial charge in [0.25, 0.3) is 0 Å². The molecule has 1 aliphatic carbocycles. The summed E-state index contributed by atoms with van der Waals surface area (Å²) in [5, 5.41) is 11.8. The van der Waals surface area contributed by atoms with Gasteiger partial charge in [-0.1, -0.05) is 24.3 Å². The van der Waals surface area contributed by atoms with E-state index in [9.17, 15) is 4.79 Å². The summed E-state index contributed by atoms with van der Waals surface area (Å²) in [5.41, 5.74) is 2.43. The molecule has 2 N–H and O–H groups in total. The first kappa shape index (κ1) is 11.1. The van der Waals surface area contributed by atoms with Gasteiger partial charge in [0.2, 0.25) is 0 Å². The van der Waals surface area contributed by atoms with E-state index in [1.807, 2.05) is 12.1 Å². The van der Waals surface area contributed by atoms with Crippen LogP contribution in [0, 0.1) is 0 Å². The summed E-state index contributed by atoms with van der Waals surface area (Å²) in [6.45, 7) is 0. The van der Waals surface area contributed by atoms with Gasteiger partial charge in [0, 0.05) is 6.04 Å². The zero-order valence-corrected chi connectivity index (χ0v) is 9.44. The minimum Gasteiger partial charge on any atom is -0.481 e. The topological polar surface area (TPSA) is 49.3 Å². The molecule has 1 aromatic carbocycles. The Bertz CT molecular complexity index is 368. The van der Waals surface area contributed by atoms with Crippen molar-refractivity contribution in [3.63, 3.8) is 0 Å². The Hall–Kier alpha value is -1.35. The van der Waals surface area contributed by atoms with Crippen molar-refractivity contribution in [2.75, 3.05) is 7.05 Å². The Kier molecular flexibility index (Phi) is 3.25. The number of hydrogen-bond donors (Lipinski definition) is 2. The second kappa shape index (κ2) is 4.66. The summed E-state index contributed by atoms with van der Waals surface area (Å²) >= 11 is 0. The largest absolute Gasteiger partial charge is 0.481 e.